The van der Waals surface area contributed by atoms with E-state index in [1.54, 1.807) is 24.3 Å². The van der Waals surface area contributed by atoms with Gasteiger partial charge >= 0.3 is 0 Å². The fourth-order valence-electron chi connectivity index (χ4n) is 1.97. The minimum absolute atomic E-state index is 0.0304. The maximum atomic E-state index is 11.4. The van der Waals surface area contributed by atoms with Crippen LogP contribution in [0.5, 0.6) is 5.75 Å². The molecule has 0 amide bonds. The number of Topliss-reactive ketones (excluding diaryl/α,β-unsaturated/α-hetero) is 1. The summed E-state index contributed by atoms with van der Waals surface area (Å²) >= 11 is 0. The van der Waals surface area contributed by atoms with E-state index < -0.39 is 0 Å². The molecule has 0 atom stereocenters. The fourth-order valence-corrected chi connectivity index (χ4v) is 1.97. The van der Waals surface area contributed by atoms with Crippen molar-refractivity contribution in [2.24, 2.45) is 5.73 Å². The summed E-state index contributed by atoms with van der Waals surface area (Å²) in [5, 5.41) is 0. The lowest BCUT2D eigenvalue weighted by Gasteiger charge is -2.10. The molecule has 104 valence electrons. The van der Waals surface area contributed by atoms with Crippen LogP contribution in [0, 0.1) is 13.8 Å². The normalized spacial score (nSPS) is 10.3. The molecule has 0 fully saturated rings. The van der Waals surface area contributed by atoms with E-state index in [-0.39, 0.29) is 12.3 Å². The molecule has 0 aliphatic carbocycles. The zero-order valence-corrected chi connectivity index (χ0v) is 11.8. The molecule has 2 N–H and O–H groups in total. The number of ether oxygens (including phenoxy) is 1. The van der Waals surface area contributed by atoms with Gasteiger partial charge < -0.3 is 10.5 Å². The summed E-state index contributed by atoms with van der Waals surface area (Å²) < 4.78 is 5.75. The first-order valence-corrected chi connectivity index (χ1v) is 6.62. The molecule has 0 radical (unpaired) electrons. The highest BCUT2D eigenvalue weighted by molar-refractivity contribution is 5.97. The van der Waals surface area contributed by atoms with E-state index >= 15 is 0 Å². The van der Waals surface area contributed by atoms with Crippen molar-refractivity contribution >= 4 is 5.78 Å². The van der Waals surface area contributed by atoms with Crippen molar-refractivity contribution in [3.63, 3.8) is 0 Å². The van der Waals surface area contributed by atoms with Gasteiger partial charge in [-0.3, -0.25) is 4.79 Å². The first-order valence-electron chi connectivity index (χ1n) is 6.62. The van der Waals surface area contributed by atoms with Gasteiger partial charge in [0.2, 0.25) is 0 Å². The molecule has 0 aliphatic rings. The smallest absolute Gasteiger partial charge is 0.176 e. The maximum absolute atomic E-state index is 11.4. The molecular formula is C17H19NO2. The second-order valence-electron chi connectivity index (χ2n) is 4.87. The molecule has 2 aromatic rings. The number of hydrogen-bond donors (Lipinski definition) is 1. The predicted molar refractivity (Wildman–Crippen MR) is 80.1 cm³/mol. The van der Waals surface area contributed by atoms with Crippen molar-refractivity contribution < 1.29 is 9.53 Å². The number of benzene rings is 2. The highest BCUT2D eigenvalue weighted by Crippen LogP contribution is 2.17. The van der Waals surface area contributed by atoms with Crippen LogP contribution in [0.1, 0.15) is 27.0 Å². The highest BCUT2D eigenvalue weighted by atomic mass is 16.5. The maximum Gasteiger partial charge on any atom is 0.176 e. The molecule has 0 spiro atoms. The van der Waals surface area contributed by atoms with E-state index in [9.17, 15) is 4.79 Å². The zero-order chi connectivity index (χ0) is 14.5. The average molecular weight is 269 g/mol. The van der Waals surface area contributed by atoms with E-state index in [1.165, 1.54) is 16.7 Å². The number of carbonyl (C=O) groups is 1. The average Bonchev–Trinajstić information content (AvgIpc) is 2.48. The van der Waals surface area contributed by atoms with Crippen LogP contribution in [-0.4, -0.2) is 12.3 Å². The van der Waals surface area contributed by atoms with Crippen LogP contribution in [0.25, 0.3) is 0 Å². The molecule has 0 aromatic heterocycles. The van der Waals surface area contributed by atoms with E-state index in [0.29, 0.717) is 12.2 Å². The molecule has 20 heavy (non-hydrogen) atoms. The van der Waals surface area contributed by atoms with Gasteiger partial charge in [-0.15, -0.1) is 0 Å². The molecular weight excluding hydrogens is 250 g/mol. The Morgan fingerprint density at radius 3 is 2.45 bits per heavy atom. The third-order valence-electron chi connectivity index (χ3n) is 3.26. The Kier molecular flexibility index (Phi) is 4.53. The first-order chi connectivity index (χ1) is 9.60. The summed E-state index contributed by atoms with van der Waals surface area (Å²) in [6.45, 7) is 4.69. The van der Waals surface area contributed by atoms with Gasteiger partial charge in [-0.25, -0.2) is 0 Å². The van der Waals surface area contributed by atoms with Gasteiger partial charge in [-0.05, 0) is 49.2 Å². The van der Waals surface area contributed by atoms with Crippen LogP contribution in [0.4, 0.5) is 0 Å². The van der Waals surface area contributed by atoms with Gasteiger partial charge in [0, 0.05) is 5.56 Å². The lowest BCUT2D eigenvalue weighted by atomic mass is 10.1. The molecule has 3 nitrogen and oxygen atoms in total. The summed E-state index contributed by atoms with van der Waals surface area (Å²) in [6, 6.07) is 13.4. The highest BCUT2D eigenvalue weighted by Gasteiger charge is 2.04. The second kappa shape index (κ2) is 6.35. The first kappa shape index (κ1) is 14.3. The molecule has 2 aromatic carbocycles. The van der Waals surface area contributed by atoms with E-state index in [2.05, 4.69) is 32.0 Å². The van der Waals surface area contributed by atoms with Crippen molar-refractivity contribution in [2.45, 2.75) is 20.5 Å². The van der Waals surface area contributed by atoms with Gasteiger partial charge in [-0.1, -0.05) is 23.8 Å². The number of aryl methyl sites for hydroxylation is 2. The van der Waals surface area contributed by atoms with E-state index in [4.69, 9.17) is 10.5 Å². The Labute approximate surface area is 119 Å². The largest absolute Gasteiger partial charge is 0.489 e. The lowest BCUT2D eigenvalue weighted by molar-refractivity contribution is 0.100. The van der Waals surface area contributed by atoms with Crippen molar-refractivity contribution in [1.29, 1.82) is 0 Å². The molecule has 0 aliphatic heterocycles. The number of carbonyl (C=O) groups excluding carboxylic acids is 1. The van der Waals surface area contributed by atoms with Crippen LogP contribution >= 0.6 is 0 Å². The summed E-state index contributed by atoms with van der Waals surface area (Å²) in [6.07, 6.45) is 0. The second-order valence-corrected chi connectivity index (χ2v) is 4.87. The standard InChI is InChI=1S/C17H19NO2/c1-12-3-4-13(2)15(9-12)11-20-16-7-5-14(6-8-16)17(19)10-18/h3-9H,10-11,18H2,1-2H3. The predicted octanol–water partition coefficient (Wildman–Crippen LogP) is 3.02. The summed E-state index contributed by atoms with van der Waals surface area (Å²) in [5.41, 5.74) is 9.55. The topological polar surface area (TPSA) is 52.3 Å². The Morgan fingerprint density at radius 1 is 1.10 bits per heavy atom. The Hall–Kier alpha value is -2.13. The number of ketones is 1. The van der Waals surface area contributed by atoms with Crippen LogP contribution in [0.2, 0.25) is 0 Å². The number of nitrogens with two attached hydrogens (primary N) is 1. The van der Waals surface area contributed by atoms with Gasteiger partial charge in [0.15, 0.2) is 5.78 Å². The fraction of sp³-hybridized carbons (Fsp3) is 0.235. The van der Waals surface area contributed by atoms with Crippen molar-refractivity contribution in [3.05, 3.63) is 64.7 Å². The van der Waals surface area contributed by atoms with E-state index in [1.807, 2.05) is 0 Å². The Balaban J connectivity index is 2.04. The molecule has 0 saturated heterocycles. The minimum Gasteiger partial charge on any atom is -0.489 e. The quantitative estimate of drug-likeness (QED) is 0.849. The van der Waals surface area contributed by atoms with Crippen molar-refractivity contribution in [1.82, 2.24) is 0 Å². The summed E-state index contributed by atoms with van der Waals surface area (Å²) in [4.78, 5) is 11.4. The molecule has 0 saturated carbocycles. The summed E-state index contributed by atoms with van der Waals surface area (Å²) in [5.74, 6) is 0.686. The van der Waals surface area contributed by atoms with Crippen LogP contribution in [-0.2, 0) is 6.61 Å². The van der Waals surface area contributed by atoms with Crippen molar-refractivity contribution in [2.75, 3.05) is 6.54 Å². The van der Waals surface area contributed by atoms with Gasteiger partial charge in [-0.2, -0.15) is 0 Å². The van der Waals surface area contributed by atoms with Crippen LogP contribution in [0.15, 0.2) is 42.5 Å². The number of rotatable bonds is 5. The SMILES string of the molecule is Cc1ccc(C)c(COc2ccc(C(=O)CN)cc2)c1. The van der Waals surface area contributed by atoms with Crippen LogP contribution in [0.3, 0.4) is 0 Å². The third-order valence-corrected chi connectivity index (χ3v) is 3.26. The molecule has 2 rings (SSSR count). The van der Waals surface area contributed by atoms with Crippen LogP contribution < -0.4 is 10.5 Å². The van der Waals surface area contributed by atoms with Crippen molar-refractivity contribution in [3.8, 4) is 5.75 Å². The Bertz CT molecular complexity index is 603. The van der Waals surface area contributed by atoms with Gasteiger partial charge in [0.1, 0.15) is 12.4 Å². The Morgan fingerprint density at radius 2 is 1.80 bits per heavy atom. The number of hydrogen-bond acceptors (Lipinski definition) is 3. The molecule has 0 unspecified atom stereocenters. The monoisotopic (exact) mass is 269 g/mol. The summed E-state index contributed by atoms with van der Waals surface area (Å²) in [7, 11) is 0. The minimum atomic E-state index is -0.0638. The van der Waals surface area contributed by atoms with Gasteiger partial charge in [0.25, 0.3) is 0 Å². The molecule has 3 heteroatoms. The molecule has 0 heterocycles. The zero-order valence-electron chi connectivity index (χ0n) is 11.8. The van der Waals surface area contributed by atoms with Gasteiger partial charge in [0.05, 0.1) is 6.54 Å². The third kappa shape index (κ3) is 3.45. The lowest BCUT2D eigenvalue weighted by Crippen LogP contribution is -2.13. The van der Waals surface area contributed by atoms with E-state index in [0.717, 1.165) is 5.75 Å². The molecule has 0 bridgehead atoms.